The second-order valence-electron chi connectivity index (χ2n) is 6.77. The van der Waals surface area contributed by atoms with Crippen molar-refractivity contribution in [3.63, 3.8) is 0 Å². The topological polar surface area (TPSA) is 42.0 Å². The number of aromatic nitrogens is 1. The standard InChI is InChI=1S/C20H20Cl2N2O/c1-3-9-20(2)12-16(17-11-15(22)8-10-23-17)18(24-19(20)25)13-4-6-14(21)7-5-13/h3-8,10-11,16,18H,1,9,12H2,2H3,(H,24,25)/t16-,18-,20?/m1/s1. The molecule has 0 aliphatic carbocycles. The minimum Gasteiger partial charge on any atom is -0.348 e. The molecule has 2 heterocycles. The van der Waals surface area contributed by atoms with Crippen LogP contribution in [0.1, 0.15) is 43.0 Å². The van der Waals surface area contributed by atoms with Crippen molar-refractivity contribution in [1.82, 2.24) is 10.3 Å². The van der Waals surface area contributed by atoms with Gasteiger partial charge in [-0.15, -0.1) is 6.58 Å². The van der Waals surface area contributed by atoms with Crippen molar-refractivity contribution in [1.29, 1.82) is 0 Å². The average Bonchev–Trinajstić information content (AvgIpc) is 2.58. The SMILES string of the molecule is C=CCC1(C)C[C@H](c2cc(Cl)ccn2)[C@@H](c2ccc(Cl)cc2)NC1=O. The number of rotatable bonds is 4. The molecule has 0 spiro atoms. The Kier molecular flexibility index (Phi) is 5.16. The van der Waals surface area contributed by atoms with Gasteiger partial charge in [-0.3, -0.25) is 9.78 Å². The molecule has 1 aliphatic rings. The highest BCUT2D eigenvalue weighted by Gasteiger charge is 2.44. The lowest BCUT2D eigenvalue weighted by molar-refractivity contribution is -0.134. The maximum atomic E-state index is 12.8. The maximum Gasteiger partial charge on any atom is 0.226 e. The molecule has 1 amide bonds. The van der Waals surface area contributed by atoms with Gasteiger partial charge in [-0.05, 0) is 42.7 Å². The fourth-order valence-electron chi connectivity index (χ4n) is 3.49. The van der Waals surface area contributed by atoms with Crippen molar-refractivity contribution in [3.05, 3.63) is 76.6 Å². The summed E-state index contributed by atoms with van der Waals surface area (Å²) in [6.07, 6.45) is 4.79. The zero-order chi connectivity index (χ0) is 18.0. The quantitative estimate of drug-likeness (QED) is 0.736. The van der Waals surface area contributed by atoms with Crippen molar-refractivity contribution in [2.45, 2.75) is 31.7 Å². The van der Waals surface area contributed by atoms with Crippen molar-refractivity contribution >= 4 is 29.1 Å². The number of carbonyl (C=O) groups is 1. The van der Waals surface area contributed by atoms with E-state index in [0.717, 1.165) is 11.3 Å². The third-order valence-corrected chi connectivity index (χ3v) is 5.34. The Hall–Kier alpha value is -1.84. The zero-order valence-electron chi connectivity index (χ0n) is 14.0. The molecule has 1 unspecified atom stereocenters. The van der Waals surface area contributed by atoms with E-state index in [4.69, 9.17) is 23.2 Å². The third-order valence-electron chi connectivity index (χ3n) is 4.85. The molecule has 25 heavy (non-hydrogen) atoms. The monoisotopic (exact) mass is 374 g/mol. The Morgan fingerprint density at radius 3 is 2.64 bits per heavy atom. The van der Waals surface area contributed by atoms with Gasteiger partial charge in [0.2, 0.25) is 5.91 Å². The zero-order valence-corrected chi connectivity index (χ0v) is 15.5. The van der Waals surface area contributed by atoms with E-state index in [1.807, 2.05) is 37.3 Å². The first kappa shape index (κ1) is 18.0. The number of benzene rings is 1. The van der Waals surface area contributed by atoms with Gasteiger partial charge in [-0.2, -0.15) is 0 Å². The number of carbonyl (C=O) groups excluding carboxylic acids is 1. The molecule has 2 aromatic rings. The Labute approximate surface area is 158 Å². The number of hydrogen-bond donors (Lipinski definition) is 1. The van der Waals surface area contributed by atoms with E-state index in [1.165, 1.54) is 0 Å². The van der Waals surface area contributed by atoms with Crippen molar-refractivity contribution in [2.24, 2.45) is 5.41 Å². The highest BCUT2D eigenvalue weighted by molar-refractivity contribution is 6.30. The number of allylic oxidation sites excluding steroid dienone is 1. The molecule has 1 N–H and O–H groups in total. The summed E-state index contributed by atoms with van der Waals surface area (Å²) >= 11 is 12.2. The van der Waals surface area contributed by atoms with E-state index in [-0.39, 0.29) is 17.9 Å². The summed E-state index contributed by atoms with van der Waals surface area (Å²) in [5.41, 5.74) is 1.37. The molecule has 1 fully saturated rings. The highest BCUT2D eigenvalue weighted by atomic mass is 35.5. The molecule has 1 aromatic carbocycles. The van der Waals surface area contributed by atoms with Crippen LogP contribution in [-0.2, 0) is 4.79 Å². The Balaban J connectivity index is 2.03. The second-order valence-corrected chi connectivity index (χ2v) is 7.64. The van der Waals surface area contributed by atoms with Crippen LogP contribution in [0.3, 0.4) is 0 Å². The Bertz CT molecular complexity index is 791. The van der Waals surface area contributed by atoms with E-state index in [2.05, 4.69) is 16.9 Å². The molecule has 3 atom stereocenters. The number of amides is 1. The van der Waals surface area contributed by atoms with E-state index >= 15 is 0 Å². The van der Waals surface area contributed by atoms with Gasteiger partial charge in [0.15, 0.2) is 0 Å². The van der Waals surface area contributed by atoms with Gasteiger partial charge in [0.05, 0.1) is 11.5 Å². The molecule has 1 aliphatic heterocycles. The van der Waals surface area contributed by atoms with E-state index in [1.54, 1.807) is 18.3 Å². The summed E-state index contributed by atoms with van der Waals surface area (Å²) in [5.74, 6) is 0.0492. The van der Waals surface area contributed by atoms with Gasteiger partial charge in [-0.1, -0.05) is 48.3 Å². The Morgan fingerprint density at radius 1 is 1.28 bits per heavy atom. The summed E-state index contributed by atoms with van der Waals surface area (Å²) < 4.78 is 0. The molecule has 5 heteroatoms. The van der Waals surface area contributed by atoms with E-state index < -0.39 is 5.41 Å². The molecular weight excluding hydrogens is 355 g/mol. The van der Waals surface area contributed by atoms with Gasteiger partial charge < -0.3 is 5.32 Å². The second kappa shape index (κ2) is 7.19. The molecule has 3 nitrogen and oxygen atoms in total. The van der Waals surface area contributed by atoms with Gasteiger partial charge >= 0.3 is 0 Å². The number of pyridine rings is 1. The van der Waals surface area contributed by atoms with Crippen LogP contribution >= 0.6 is 23.2 Å². The molecule has 0 radical (unpaired) electrons. The fraction of sp³-hybridized carbons (Fsp3) is 0.300. The number of piperidine rings is 1. The van der Waals surface area contributed by atoms with Crippen LogP contribution in [0, 0.1) is 5.41 Å². The van der Waals surface area contributed by atoms with Crippen LogP contribution in [0.15, 0.2) is 55.3 Å². The van der Waals surface area contributed by atoms with Crippen molar-refractivity contribution in [2.75, 3.05) is 0 Å². The first-order valence-electron chi connectivity index (χ1n) is 8.22. The lowest BCUT2D eigenvalue weighted by Gasteiger charge is -2.42. The van der Waals surface area contributed by atoms with E-state index in [9.17, 15) is 4.79 Å². The van der Waals surface area contributed by atoms with E-state index in [0.29, 0.717) is 22.9 Å². The molecule has 1 aromatic heterocycles. The van der Waals surface area contributed by atoms with Gasteiger partial charge in [0.1, 0.15) is 0 Å². The minimum atomic E-state index is -0.515. The fourth-order valence-corrected chi connectivity index (χ4v) is 3.79. The van der Waals surface area contributed by atoms with Gasteiger partial charge in [0.25, 0.3) is 0 Å². The van der Waals surface area contributed by atoms with Crippen LogP contribution in [0.2, 0.25) is 10.0 Å². The largest absolute Gasteiger partial charge is 0.348 e. The number of hydrogen-bond acceptors (Lipinski definition) is 2. The predicted octanol–water partition coefficient (Wildman–Crippen LogP) is 5.32. The smallest absolute Gasteiger partial charge is 0.226 e. The number of nitrogens with zero attached hydrogens (tertiary/aromatic N) is 1. The number of halogens is 2. The van der Waals surface area contributed by atoms with Crippen LogP contribution < -0.4 is 5.32 Å². The van der Waals surface area contributed by atoms with Crippen LogP contribution in [-0.4, -0.2) is 10.9 Å². The molecule has 0 saturated carbocycles. The first-order valence-corrected chi connectivity index (χ1v) is 8.97. The number of nitrogens with one attached hydrogen (secondary N) is 1. The molecule has 1 saturated heterocycles. The first-order chi connectivity index (χ1) is 11.9. The summed E-state index contributed by atoms with van der Waals surface area (Å²) in [4.78, 5) is 17.3. The lowest BCUT2D eigenvalue weighted by atomic mass is 9.69. The third kappa shape index (κ3) is 3.73. The summed E-state index contributed by atoms with van der Waals surface area (Å²) in [7, 11) is 0. The molecular formula is C20H20Cl2N2O. The highest BCUT2D eigenvalue weighted by Crippen LogP contribution is 2.46. The minimum absolute atomic E-state index is 0.0162. The van der Waals surface area contributed by atoms with Crippen LogP contribution in [0.25, 0.3) is 0 Å². The lowest BCUT2D eigenvalue weighted by Crippen LogP contribution is -2.49. The summed E-state index contributed by atoms with van der Waals surface area (Å²) in [6, 6.07) is 11.0. The summed E-state index contributed by atoms with van der Waals surface area (Å²) in [5, 5.41) is 4.49. The molecule has 0 bridgehead atoms. The molecule has 3 rings (SSSR count). The van der Waals surface area contributed by atoms with Crippen molar-refractivity contribution in [3.8, 4) is 0 Å². The predicted molar refractivity (Wildman–Crippen MR) is 102 cm³/mol. The van der Waals surface area contributed by atoms with Crippen LogP contribution in [0.5, 0.6) is 0 Å². The van der Waals surface area contributed by atoms with Crippen LogP contribution in [0.4, 0.5) is 0 Å². The summed E-state index contributed by atoms with van der Waals surface area (Å²) in [6.45, 7) is 5.77. The average molecular weight is 375 g/mol. The maximum absolute atomic E-state index is 12.8. The van der Waals surface area contributed by atoms with Crippen molar-refractivity contribution < 1.29 is 4.79 Å². The normalized spacial score (nSPS) is 26.1. The Morgan fingerprint density at radius 2 is 2.00 bits per heavy atom. The van der Waals surface area contributed by atoms with Gasteiger partial charge in [0, 0.05) is 27.9 Å². The van der Waals surface area contributed by atoms with Gasteiger partial charge in [-0.25, -0.2) is 0 Å². The molecule has 130 valence electrons.